The summed E-state index contributed by atoms with van der Waals surface area (Å²) in [5.74, 6) is 1.50. The summed E-state index contributed by atoms with van der Waals surface area (Å²) >= 11 is 3.58. The van der Waals surface area contributed by atoms with E-state index in [-0.39, 0.29) is 0 Å². The van der Waals surface area contributed by atoms with E-state index in [4.69, 9.17) is 14.2 Å². The molecule has 0 amide bonds. The Kier molecular flexibility index (Phi) is 5.48. The first kappa shape index (κ1) is 14.6. The smallest absolute Gasteiger partial charge is 0.161 e. The van der Waals surface area contributed by atoms with Crippen molar-refractivity contribution < 1.29 is 14.2 Å². The topological polar surface area (TPSA) is 39.7 Å². The standard InChI is InChI=1S/C14H20BrNO3/c1-17-13-7-10(12(15)8-14(13)18-2)9-16-11-3-5-19-6-4-11/h7-8,11,16H,3-6,9H2,1-2H3. The fourth-order valence-electron chi connectivity index (χ4n) is 2.19. The van der Waals surface area contributed by atoms with Gasteiger partial charge in [0.25, 0.3) is 0 Å². The SMILES string of the molecule is COc1cc(Br)c(CNC2CCOCC2)cc1OC. The Balaban J connectivity index is 2.02. The molecule has 1 saturated heterocycles. The molecule has 0 atom stereocenters. The number of hydrogen-bond donors (Lipinski definition) is 1. The van der Waals surface area contributed by atoms with Gasteiger partial charge in [0.15, 0.2) is 11.5 Å². The van der Waals surface area contributed by atoms with Crippen molar-refractivity contribution in [2.24, 2.45) is 0 Å². The number of nitrogens with one attached hydrogen (secondary N) is 1. The van der Waals surface area contributed by atoms with E-state index in [1.54, 1.807) is 14.2 Å². The summed E-state index contributed by atoms with van der Waals surface area (Å²) in [6, 6.07) is 4.49. The molecule has 1 N–H and O–H groups in total. The predicted molar refractivity (Wildman–Crippen MR) is 77.9 cm³/mol. The van der Waals surface area contributed by atoms with E-state index in [0.717, 1.165) is 48.6 Å². The molecule has 0 spiro atoms. The highest BCUT2D eigenvalue weighted by molar-refractivity contribution is 9.10. The predicted octanol–water partition coefficient (Wildman–Crippen LogP) is 2.73. The van der Waals surface area contributed by atoms with Crippen LogP contribution in [0.2, 0.25) is 0 Å². The maximum absolute atomic E-state index is 5.36. The molecule has 0 saturated carbocycles. The zero-order chi connectivity index (χ0) is 13.7. The van der Waals surface area contributed by atoms with E-state index in [9.17, 15) is 0 Å². The van der Waals surface area contributed by atoms with Gasteiger partial charge in [-0.25, -0.2) is 0 Å². The normalized spacial score (nSPS) is 16.4. The monoisotopic (exact) mass is 329 g/mol. The van der Waals surface area contributed by atoms with Crippen LogP contribution >= 0.6 is 15.9 Å². The van der Waals surface area contributed by atoms with Crippen molar-refractivity contribution in [2.75, 3.05) is 27.4 Å². The summed E-state index contributed by atoms with van der Waals surface area (Å²) in [5, 5.41) is 3.56. The molecule has 4 nitrogen and oxygen atoms in total. The summed E-state index contributed by atoms with van der Waals surface area (Å²) in [4.78, 5) is 0. The lowest BCUT2D eigenvalue weighted by Crippen LogP contribution is -2.34. The quantitative estimate of drug-likeness (QED) is 0.901. The van der Waals surface area contributed by atoms with Gasteiger partial charge in [-0.1, -0.05) is 15.9 Å². The van der Waals surface area contributed by atoms with E-state index < -0.39 is 0 Å². The Labute approximate surface area is 122 Å². The third-order valence-electron chi connectivity index (χ3n) is 3.36. The molecule has 0 bridgehead atoms. The Morgan fingerprint density at radius 2 is 1.84 bits per heavy atom. The van der Waals surface area contributed by atoms with Gasteiger partial charge in [0, 0.05) is 30.3 Å². The Morgan fingerprint density at radius 1 is 1.21 bits per heavy atom. The zero-order valence-electron chi connectivity index (χ0n) is 11.4. The first-order chi connectivity index (χ1) is 9.24. The van der Waals surface area contributed by atoms with E-state index >= 15 is 0 Å². The second kappa shape index (κ2) is 7.12. The van der Waals surface area contributed by atoms with Gasteiger partial charge in [-0.3, -0.25) is 0 Å². The summed E-state index contributed by atoms with van der Waals surface area (Å²) in [5.41, 5.74) is 1.17. The third-order valence-corrected chi connectivity index (χ3v) is 4.09. The summed E-state index contributed by atoms with van der Waals surface area (Å²) in [6.07, 6.45) is 2.15. The molecule has 1 aliphatic heterocycles. The molecule has 19 heavy (non-hydrogen) atoms. The van der Waals surface area contributed by atoms with Crippen LogP contribution in [-0.2, 0) is 11.3 Å². The Hall–Kier alpha value is -0.780. The van der Waals surface area contributed by atoms with Crippen LogP contribution in [0.3, 0.4) is 0 Å². The van der Waals surface area contributed by atoms with Crippen LogP contribution in [0.25, 0.3) is 0 Å². The minimum atomic E-state index is 0.536. The number of hydrogen-bond acceptors (Lipinski definition) is 4. The molecule has 106 valence electrons. The van der Waals surface area contributed by atoms with Crippen molar-refractivity contribution in [1.82, 2.24) is 5.32 Å². The zero-order valence-corrected chi connectivity index (χ0v) is 13.0. The van der Waals surface area contributed by atoms with Crippen LogP contribution < -0.4 is 14.8 Å². The van der Waals surface area contributed by atoms with Crippen LogP contribution in [-0.4, -0.2) is 33.5 Å². The number of rotatable bonds is 5. The van der Waals surface area contributed by atoms with Crippen LogP contribution in [0.15, 0.2) is 16.6 Å². The largest absolute Gasteiger partial charge is 0.493 e. The fourth-order valence-corrected chi connectivity index (χ4v) is 2.65. The van der Waals surface area contributed by atoms with Crippen molar-refractivity contribution in [3.8, 4) is 11.5 Å². The summed E-state index contributed by atoms with van der Waals surface area (Å²) in [7, 11) is 3.30. The minimum Gasteiger partial charge on any atom is -0.493 e. The number of halogens is 1. The van der Waals surface area contributed by atoms with Gasteiger partial charge in [-0.05, 0) is 30.5 Å². The average Bonchev–Trinajstić information content (AvgIpc) is 2.46. The van der Waals surface area contributed by atoms with Crippen LogP contribution in [0, 0.1) is 0 Å². The molecule has 0 aromatic heterocycles. The van der Waals surface area contributed by atoms with Gasteiger partial charge in [0.1, 0.15) is 0 Å². The Morgan fingerprint density at radius 3 is 2.47 bits per heavy atom. The Bertz CT molecular complexity index is 419. The number of benzene rings is 1. The molecular formula is C14H20BrNO3. The van der Waals surface area contributed by atoms with E-state index in [1.165, 1.54) is 5.56 Å². The molecule has 2 rings (SSSR count). The molecule has 1 aromatic rings. The summed E-state index contributed by atoms with van der Waals surface area (Å²) < 4.78 is 17.0. The van der Waals surface area contributed by atoms with E-state index in [2.05, 4.69) is 21.2 Å². The van der Waals surface area contributed by atoms with E-state index in [1.807, 2.05) is 12.1 Å². The van der Waals surface area contributed by atoms with Crippen LogP contribution in [0.4, 0.5) is 0 Å². The number of methoxy groups -OCH3 is 2. The molecule has 0 unspecified atom stereocenters. The molecule has 0 aliphatic carbocycles. The lowest BCUT2D eigenvalue weighted by Gasteiger charge is -2.23. The van der Waals surface area contributed by atoms with Crippen LogP contribution in [0.5, 0.6) is 11.5 Å². The second-order valence-corrected chi connectivity index (χ2v) is 5.42. The molecule has 5 heteroatoms. The highest BCUT2D eigenvalue weighted by Crippen LogP contribution is 2.33. The fraction of sp³-hybridized carbons (Fsp3) is 0.571. The maximum atomic E-state index is 5.36. The average molecular weight is 330 g/mol. The van der Waals surface area contributed by atoms with Crippen LogP contribution in [0.1, 0.15) is 18.4 Å². The molecule has 0 radical (unpaired) electrons. The highest BCUT2D eigenvalue weighted by Gasteiger charge is 2.14. The van der Waals surface area contributed by atoms with Gasteiger partial charge in [-0.15, -0.1) is 0 Å². The van der Waals surface area contributed by atoms with Crippen molar-refractivity contribution >= 4 is 15.9 Å². The maximum Gasteiger partial charge on any atom is 0.161 e. The number of ether oxygens (including phenoxy) is 3. The van der Waals surface area contributed by atoms with Crippen molar-refractivity contribution in [2.45, 2.75) is 25.4 Å². The first-order valence-corrected chi connectivity index (χ1v) is 7.25. The van der Waals surface area contributed by atoms with Gasteiger partial charge >= 0.3 is 0 Å². The highest BCUT2D eigenvalue weighted by atomic mass is 79.9. The third kappa shape index (κ3) is 3.84. The molecule has 1 fully saturated rings. The molecule has 1 aromatic carbocycles. The van der Waals surface area contributed by atoms with Gasteiger partial charge in [0.05, 0.1) is 14.2 Å². The molecular weight excluding hydrogens is 310 g/mol. The molecule has 1 aliphatic rings. The van der Waals surface area contributed by atoms with Crippen molar-refractivity contribution in [1.29, 1.82) is 0 Å². The van der Waals surface area contributed by atoms with Gasteiger partial charge in [-0.2, -0.15) is 0 Å². The van der Waals surface area contributed by atoms with Crippen molar-refractivity contribution in [3.63, 3.8) is 0 Å². The second-order valence-electron chi connectivity index (χ2n) is 4.57. The lowest BCUT2D eigenvalue weighted by molar-refractivity contribution is 0.0776. The summed E-state index contributed by atoms with van der Waals surface area (Å²) in [6.45, 7) is 2.52. The minimum absolute atomic E-state index is 0.536. The van der Waals surface area contributed by atoms with Gasteiger partial charge in [0.2, 0.25) is 0 Å². The first-order valence-electron chi connectivity index (χ1n) is 6.46. The van der Waals surface area contributed by atoms with Gasteiger partial charge < -0.3 is 19.5 Å². The molecule has 1 heterocycles. The van der Waals surface area contributed by atoms with Crippen molar-refractivity contribution in [3.05, 3.63) is 22.2 Å². The lowest BCUT2D eigenvalue weighted by atomic mass is 10.1. The van der Waals surface area contributed by atoms with E-state index in [0.29, 0.717) is 6.04 Å².